The third kappa shape index (κ3) is 6.56. The molecule has 174 valence electrons. The lowest BCUT2D eigenvalue weighted by molar-refractivity contribution is 0.259. The van der Waals surface area contributed by atoms with E-state index in [2.05, 4.69) is 30.3 Å². The molecule has 14 heteroatoms. The van der Waals surface area contributed by atoms with E-state index < -0.39 is 18.8 Å². The fourth-order valence-electron chi connectivity index (χ4n) is 2.98. The summed E-state index contributed by atoms with van der Waals surface area (Å²) in [5, 5.41) is 14.9. The first-order chi connectivity index (χ1) is 15.1. The van der Waals surface area contributed by atoms with Crippen LogP contribution >= 0.6 is 30.8 Å². The number of rotatable bonds is 10. The molecule has 0 aliphatic rings. The van der Waals surface area contributed by atoms with Crippen LogP contribution < -0.4 is 10.4 Å². The molecule has 0 fully saturated rings. The van der Waals surface area contributed by atoms with Crippen LogP contribution in [0, 0.1) is 11.7 Å². The average molecular weight is 503 g/mol. The summed E-state index contributed by atoms with van der Waals surface area (Å²) in [5.41, 5.74) is 0.478. The van der Waals surface area contributed by atoms with Crippen molar-refractivity contribution < 1.29 is 23.8 Å². The maximum Gasteiger partial charge on any atom is 0.429 e. The molecule has 5 N–H and O–H groups in total. The second kappa shape index (κ2) is 10.4. The van der Waals surface area contributed by atoms with Crippen molar-refractivity contribution in [1.29, 1.82) is 0 Å². The van der Waals surface area contributed by atoms with Crippen LogP contribution in [0.15, 0.2) is 23.5 Å². The zero-order valence-corrected chi connectivity index (χ0v) is 20.1. The van der Waals surface area contributed by atoms with Gasteiger partial charge in [-0.25, -0.2) is 18.9 Å². The molecule has 0 saturated carbocycles. The Morgan fingerprint density at radius 1 is 1.25 bits per heavy atom. The number of hydrogen-bond acceptors (Lipinski definition) is 9. The topological polar surface area (TPSA) is 153 Å². The number of aliphatic hydroxyl groups excluding tert-OH is 1. The van der Waals surface area contributed by atoms with Gasteiger partial charge in [0.1, 0.15) is 10.5 Å². The summed E-state index contributed by atoms with van der Waals surface area (Å²) >= 11 is 2.16. The molecule has 0 amide bonds. The van der Waals surface area contributed by atoms with Crippen LogP contribution in [0.25, 0.3) is 10.3 Å². The molecule has 3 rings (SSSR count). The molecule has 0 bridgehead atoms. The van der Waals surface area contributed by atoms with Crippen LogP contribution in [0.2, 0.25) is 0 Å². The quantitative estimate of drug-likeness (QED) is 0.156. The third-order valence-electron chi connectivity index (χ3n) is 4.25. The van der Waals surface area contributed by atoms with Crippen LogP contribution in [0.4, 0.5) is 15.3 Å². The van der Waals surface area contributed by atoms with Gasteiger partial charge in [-0.05, 0) is 31.4 Å². The fraction of sp³-hybridized carbons (Fsp3) is 0.444. The summed E-state index contributed by atoms with van der Waals surface area (Å²) in [6.07, 6.45) is 2.18. The molecule has 2 atom stereocenters. The van der Waals surface area contributed by atoms with E-state index >= 15 is 0 Å². The van der Waals surface area contributed by atoms with Crippen LogP contribution in [0.3, 0.4) is 0 Å². The number of anilines is 2. The predicted octanol–water partition coefficient (Wildman–Crippen LogP) is 3.80. The van der Waals surface area contributed by atoms with Crippen molar-refractivity contribution >= 4 is 52.1 Å². The van der Waals surface area contributed by atoms with Crippen molar-refractivity contribution in [3.05, 3.63) is 29.8 Å². The number of hydrogen-bond donors (Lipinski definition) is 5. The maximum absolute atomic E-state index is 14.1. The van der Waals surface area contributed by atoms with E-state index in [-0.39, 0.29) is 34.3 Å². The van der Waals surface area contributed by atoms with E-state index in [0.29, 0.717) is 22.9 Å². The number of nitrogens with zero attached hydrogens (tertiary/aromatic N) is 4. The van der Waals surface area contributed by atoms with E-state index in [1.54, 1.807) is 6.92 Å². The molecule has 0 radical (unpaired) electrons. The molecule has 2 unspecified atom stereocenters. The standard InChI is InChI=1S/C18H24FN6O4PS2/c1-9(2)7-11(8-26)21-15-14-16(24-18(32-14)25-30(27,28)29)23-17(22-15)31-10(3)13-12(19)5-4-6-20-13/h4-6,9-11,26H,7-8H2,1-3H3,(H4,21,22,23,24,25,27,28,29). The largest absolute Gasteiger partial charge is 0.429 e. The van der Waals surface area contributed by atoms with E-state index in [1.165, 1.54) is 30.1 Å². The molecule has 0 spiro atoms. The lowest BCUT2D eigenvalue weighted by atomic mass is 10.0. The number of thioether (sulfide) groups is 1. The van der Waals surface area contributed by atoms with Gasteiger partial charge in [0, 0.05) is 6.20 Å². The van der Waals surface area contributed by atoms with Crippen LogP contribution in [-0.2, 0) is 4.57 Å². The molecule has 3 aromatic rings. The Hall–Kier alpha value is -1.89. The zero-order chi connectivity index (χ0) is 23.5. The Labute approximate surface area is 192 Å². The lowest BCUT2D eigenvalue weighted by Crippen LogP contribution is -2.26. The van der Waals surface area contributed by atoms with Crippen LogP contribution in [0.5, 0.6) is 0 Å². The Morgan fingerprint density at radius 3 is 2.62 bits per heavy atom. The number of aliphatic hydroxyl groups is 1. The van der Waals surface area contributed by atoms with Gasteiger partial charge in [0.25, 0.3) is 0 Å². The predicted molar refractivity (Wildman–Crippen MR) is 123 cm³/mol. The monoisotopic (exact) mass is 502 g/mol. The SMILES string of the molecule is CC(C)CC(CO)Nc1nc(SC(C)c2ncccc2F)nc2nc(NP(=O)(O)O)sc12. The molecule has 3 aromatic heterocycles. The summed E-state index contributed by atoms with van der Waals surface area (Å²) in [4.78, 5) is 35.6. The highest BCUT2D eigenvalue weighted by molar-refractivity contribution is 7.99. The van der Waals surface area contributed by atoms with Crippen molar-refractivity contribution in [3.8, 4) is 0 Å². The van der Waals surface area contributed by atoms with Crippen molar-refractivity contribution in [2.45, 2.75) is 43.6 Å². The van der Waals surface area contributed by atoms with Gasteiger partial charge in [-0.3, -0.25) is 10.1 Å². The fourth-order valence-corrected chi connectivity index (χ4v) is 5.41. The number of halogens is 1. The van der Waals surface area contributed by atoms with E-state index in [4.69, 9.17) is 0 Å². The lowest BCUT2D eigenvalue weighted by Gasteiger charge is -2.19. The van der Waals surface area contributed by atoms with Gasteiger partial charge in [-0.15, -0.1) is 0 Å². The number of pyridine rings is 1. The first-order valence-electron chi connectivity index (χ1n) is 9.72. The molecule has 10 nitrogen and oxygen atoms in total. The third-order valence-corrected chi connectivity index (χ3v) is 6.84. The first-order valence-corrected chi connectivity index (χ1v) is 13.0. The van der Waals surface area contributed by atoms with Gasteiger partial charge in [0.05, 0.1) is 23.6 Å². The van der Waals surface area contributed by atoms with Gasteiger partial charge in [-0.1, -0.05) is 36.9 Å². The minimum absolute atomic E-state index is 0.0129. The zero-order valence-electron chi connectivity index (χ0n) is 17.6. The number of thiazole rings is 1. The van der Waals surface area contributed by atoms with Crippen molar-refractivity contribution in [3.63, 3.8) is 0 Å². The van der Waals surface area contributed by atoms with Gasteiger partial charge < -0.3 is 20.2 Å². The van der Waals surface area contributed by atoms with Crippen molar-refractivity contribution in [2.24, 2.45) is 5.92 Å². The minimum Gasteiger partial charge on any atom is -0.394 e. The highest BCUT2D eigenvalue weighted by Gasteiger charge is 2.22. The molecule has 0 saturated heterocycles. The summed E-state index contributed by atoms with van der Waals surface area (Å²) in [7, 11) is -4.56. The van der Waals surface area contributed by atoms with E-state index in [9.17, 15) is 23.8 Å². The minimum atomic E-state index is -4.56. The first kappa shape index (κ1) is 24.7. The number of aromatic nitrogens is 4. The van der Waals surface area contributed by atoms with E-state index in [1.807, 2.05) is 13.8 Å². The number of nitrogens with one attached hydrogen (secondary N) is 2. The maximum atomic E-state index is 14.1. The molecule has 0 aromatic carbocycles. The normalized spacial score (nSPS) is 14.0. The summed E-state index contributed by atoms with van der Waals surface area (Å²) < 4.78 is 25.9. The summed E-state index contributed by atoms with van der Waals surface area (Å²) in [5.74, 6) is 0.250. The Bertz CT molecular complexity index is 1130. The van der Waals surface area contributed by atoms with Crippen molar-refractivity contribution in [2.75, 3.05) is 17.0 Å². The second-order valence-electron chi connectivity index (χ2n) is 7.47. The van der Waals surface area contributed by atoms with Crippen LogP contribution in [0.1, 0.15) is 38.1 Å². The van der Waals surface area contributed by atoms with E-state index in [0.717, 1.165) is 11.3 Å². The summed E-state index contributed by atoms with van der Waals surface area (Å²) in [6, 6.07) is 2.54. The molecule has 0 aliphatic carbocycles. The van der Waals surface area contributed by atoms with Gasteiger partial charge in [-0.2, -0.15) is 4.98 Å². The Morgan fingerprint density at radius 2 is 2.00 bits per heavy atom. The summed E-state index contributed by atoms with van der Waals surface area (Å²) in [6.45, 7) is 5.69. The highest BCUT2D eigenvalue weighted by Crippen LogP contribution is 2.41. The van der Waals surface area contributed by atoms with Gasteiger partial charge >= 0.3 is 7.75 Å². The smallest absolute Gasteiger partial charge is 0.394 e. The Balaban J connectivity index is 1.99. The molecule has 32 heavy (non-hydrogen) atoms. The van der Waals surface area contributed by atoms with Gasteiger partial charge in [0.15, 0.2) is 21.8 Å². The van der Waals surface area contributed by atoms with Gasteiger partial charge in [0.2, 0.25) is 0 Å². The molecular formula is C18H24FN6O4PS2. The highest BCUT2D eigenvalue weighted by atomic mass is 32.2. The second-order valence-corrected chi connectivity index (χ2v) is 11.1. The van der Waals surface area contributed by atoms with Crippen LogP contribution in [-0.4, -0.2) is 47.5 Å². The van der Waals surface area contributed by atoms with Crippen molar-refractivity contribution in [1.82, 2.24) is 19.9 Å². The average Bonchev–Trinajstić information content (AvgIpc) is 3.08. The molecule has 0 aliphatic heterocycles. The number of fused-ring (bicyclic) bond motifs is 1. The molecular weight excluding hydrogens is 478 g/mol. The Kier molecular flexibility index (Phi) is 8.01. The molecule has 3 heterocycles.